The number of ether oxygens (including phenoxy) is 2. The van der Waals surface area contributed by atoms with Gasteiger partial charge in [0, 0.05) is 11.4 Å². The van der Waals surface area contributed by atoms with E-state index in [1.165, 1.54) is 0 Å². The van der Waals surface area contributed by atoms with E-state index >= 15 is 0 Å². The average Bonchev–Trinajstić information content (AvgIpc) is 3.07. The number of anilines is 2. The van der Waals surface area contributed by atoms with E-state index in [2.05, 4.69) is 0 Å². The summed E-state index contributed by atoms with van der Waals surface area (Å²) in [5.41, 5.74) is 9.91. The van der Waals surface area contributed by atoms with Gasteiger partial charge in [-0.1, -0.05) is 72.8 Å². The molecule has 0 aliphatic heterocycles. The Kier molecular flexibility index (Phi) is 8.73. The van der Waals surface area contributed by atoms with Crippen molar-refractivity contribution in [3.8, 4) is 45.3 Å². The maximum atomic E-state index is 14.7. The smallest absolute Gasteiger partial charge is 0.411 e. The van der Waals surface area contributed by atoms with Gasteiger partial charge >= 0.3 is 12.4 Å². The zero-order chi connectivity index (χ0) is 34.8. The lowest BCUT2D eigenvalue weighted by molar-refractivity contribution is -0.288. The summed E-state index contributed by atoms with van der Waals surface area (Å²) in [7, 11) is 0. The van der Waals surface area contributed by atoms with Crippen LogP contribution in [-0.2, 0) is 5.41 Å². The van der Waals surface area contributed by atoms with Gasteiger partial charge in [-0.05, 0) is 106 Å². The molecule has 0 atom stereocenters. The Labute approximate surface area is 278 Å². The first-order chi connectivity index (χ1) is 23.3. The Morgan fingerprint density at radius 3 is 0.796 bits per heavy atom. The number of alkyl halides is 6. The second kappa shape index (κ2) is 13.0. The number of hydrogen-bond donors (Lipinski definition) is 2. The van der Waals surface area contributed by atoms with Crippen LogP contribution in [0.3, 0.4) is 0 Å². The fourth-order valence-electron chi connectivity index (χ4n) is 5.58. The van der Waals surface area contributed by atoms with Gasteiger partial charge in [0.15, 0.2) is 0 Å². The topological polar surface area (TPSA) is 70.5 Å². The van der Waals surface area contributed by atoms with Gasteiger partial charge in [-0.2, -0.15) is 26.3 Å². The molecule has 0 aromatic heterocycles. The van der Waals surface area contributed by atoms with E-state index in [1.807, 2.05) is 24.3 Å². The van der Waals surface area contributed by atoms with Crippen LogP contribution in [0.1, 0.15) is 11.1 Å². The average molecular weight is 671 g/mol. The van der Waals surface area contributed by atoms with Crippen molar-refractivity contribution in [1.82, 2.24) is 0 Å². The fourth-order valence-corrected chi connectivity index (χ4v) is 5.58. The third-order valence-electron chi connectivity index (χ3n) is 8.09. The molecule has 0 bridgehead atoms. The molecule has 49 heavy (non-hydrogen) atoms. The molecule has 0 amide bonds. The third kappa shape index (κ3) is 6.76. The summed E-state index contributed by atoms with van der Waals surface area (Å²) in [6.45, 7) is 0. The van der Waals surface area contributed by atoms with Crippen LogP contribution in [0, 0.1) is 0 Å². The third-order valence-corrected chi connectivity index (χ3v) is 8.09. The maximum Gasteiger partial charge on any atom is 0.411 e. The predicted octanol–water partition coefficient (Wildman–Crippen LogP) is 11.2. The first-order valence-corrected chi connectivity index (χ1v) is 15.0. The van der Waals surface area contributed by atoms with Crippen molar-refractivity contribution in [3.05, 3.63) is 157 Å². The summed E-state index contributed by atoms with van der Waals surface area (Å²) in [5, 5.41) is 0. The lowest BCUT2D eigenvalue weighted by Crippen LogP contribution is -2.54. The van der Waals surface area contributed by atoms with Crippen LogP contribution in [-0.4, -0.2) is 12.4 Å². The fraction of sp³-hybridized carbons (Fsp3) is 0.0769. The minimum absolute atomic E-state index is 0.0633. The maximum absolute atomic E-state index is 14.7. The molecule has 0 unspecified atom stereocenters. The second-order valence-corrected chi connectivity index (χ2v) is 11.3. The molecule has 0 aliphatic carbocycles. The number of rotatable bonds is 8. The number of hydrogen-bond acceptors (Lipinski definition) is 4. The minimum atomic E-state index is -5.74. The van der Waals surface area contributed by atoms with Crippen LogP contribution in [0.4, 0.5) is 37.7 Å². The van der Waals surface area contributed by atoms with Crippen molar-refractivity contribution >= 4 is 11.4 Å². The van der Waals surface area contributed by atoms with E-state index in [9.17, 15) is 26.3 Å². The molecule has 248 valence electrons. The van der Waals surface area contributed by atoms with Crippen molar-refractivity contribution < 1.29 is 35.8 Å². The van der Waals surface area contributed by atoms with E-state index in [0.29, 0.717) is 22.9 Å². The molecule has 0 radical (unpaired) electrons. The normalized spacial score (nSPS) is 12.0. The van der Waals surface area contributed by atoms with Crippen LogP contribution in [0.5, 0.6) is 23.0 Å². The van der Waals surface area contributed by atoms with Gasteiger partial charge in [0.1, 0.15) is 23.0 Å². The first kappa shape index (κ1) is 33.0. The van der Waals surface area contributed by atoms with Crippen LogP contribution in [0.2, 0.25) is 0 Å². The molecule has 10 heteroatoms. The van der Waals surface area contributed by atoms with Crippen LogP contribution in [0.25, 0.3) is 22.3 Å². The highest BCUT2D eigenvalue weighted by atomic mass is 19.4. The Hall–Kier alpha value is -5.90. The van der Waals surface area contributed by atoms with E-state index in [4.69, 9.17) is 20.9 Å². The predicted molar refractivity (Wildman–Crippen MR) is 179 cm³/mol. The van der Waals surface area contributed by atoms with Gasteiger partial charge in [-0.15, -0.1) is 0 Å². The van der Waals surface area contributed by atoms with Gasteiger partial charge in [0.25, 0.3) is 0 Å². The van der Waals surface area contributed by atoms with Gasteiger partial charge in [-0.3, -0.25) is 0 Å². The summed E-state index contributed by atoms with van der Waals surface area (Å²) >= 11 is 0. The first-order valence-electron chi connectivity index (χ1n) is 15.0. The molecule has 0 saturated heterocycles. The summed E-state index contributed by atoms with van der Waals surface area (Å²) in [6.07, 6.45) is -11.5. The molecule has 0 aliphatic rings. The molecule has 0 saturated carbocycles. The number of nitrogens with two attached hydrogens (primary N) is 2. The van der Waals surface area contributed by atoms with E-state index < -0.39 is 28.9 Å². The highest BCUT2D eigenvalue weighted by Crippen LogP contribution is 2.56. The van der Waals surface area contributed by atoms with Gasteiger partial charge in [0.05, 0.1) is 0 Å². The Balaban J connectivity index is 1.23. The second-order valence-electron chi connectivity index (χ2n) is 11.3. The molecular weight excluding hydrogens is 642 g/mol. The number of benzene rings is 6. The molecule has 6 aromatic rings. The molecule has 4 nitrogen and oxygen atoms in total. The summed E-state index contributed by atoms with van der Waals surface area (Å²) < 4.78 is 99.9. The van der Waals surface area contributed by atoms with Crippen LogP contribution >= 0.6 is 0 Å². The Bertz CT molecular complexity index is 1860. The van der Waals surface area contributed by atoms with Gasteiger partial charge < -0.3 is 20.9 Å². The van der Waals surface area contributed by atoms with Crippen molar-refractivity contribution in [2.45, 2.75) is 17.8 Å². The number of nitrogen functional groups attached to an aromatic ring is 2. The highest BCUT2D eigenvalue weighted by molar-refractivity contribution is 5.67. The van der Waals surface area contributed by atoms with Gasteiger partial charge in [-0.25, -0.2) is 0 Å². The monoisotopic (exact) mass is 670 g/mol. The summed E-state index contributed by atoms with van der Waals surface area (Å²) in [5.74, 6) is 0.822. The molecule has 6 aromatic carbocycles. The molecule has 6 rings (SSSR count). The Morgan fingerprint density at radius 2 is 0.551 bits per heavy atom. The van der Waals surface area contributed by atoms with Crippen LogP contribution in [0.15, 0.2) is 146 Å². The highest BCUT2D eigenvalue weighted by Gasteiger charge is 2.72. The van der Waals surface area contributed by atoms with Crippen LogP contribution < -0.4 is 20.9 Å². The van der Waals surface area contributed by atoms with Crippen molar-refractivity contribution in [2.75, 3.05) is 11.5 Å². The summed E-state index contributed by atoms with van der Waals surface area (Å²) in [4.78, 5) is 0. The molecule has 0 fully saturated rings. The van der Waals surface area contributed by atoms with Crippen molar-refractivity contribution in [3.63, 3.8) is 0 Å². The number of halogens is 6. The SMILES string of the molecule is Nc1ccc(-c2ccc(Oc3ccc(C(c4ccc(Oc5ccc(-c6ccc(N)cc6)cc5)cc4)(C(F)(F)F)C(F)(F)F)cc3)cc2)cc1. The van der Waals surface area contributed by atoms with Crippen molar-refractivity contribution in [2.24, 2.45) is 0 Å². The van der Waals surface area contributed by atoms with Crippen molar-refractivity contribution in [1.29, 1.82) is 0 Å². The van der Waals surface area contributed by atoms with E-state index in [-0.39, 0.29) is 11.5 Å². The quantitative estimate of drug-likeness (QED) is 0.125. The van der Waals surface area contributed by atoms with E-state index in [1.54, 1.807) is 72.8 Å². The largest absolute Gasteiger partial charge is 0.457 e. The molecule has 4 N–H and O–H groups in total. The Morgan fingerprint density at radius 1 is 0.327 bits per heavy atom. The lowest BCUT2D eigenvalue weighted by Gasteiger charge is -2.38. The molecule has 0 heterocycles. The zero-order valence-corrected chi connectivity index (χ0v) is 25.6. The standard InChI is InChI=1S/C39H28F6N2O2/c40-38(41,42)37(39(43,44)45,29-9-21-35(22-10-29)48-33-17-5-27(6-18-33)25-1-13-31(46)14-2-25)30-11-23-36(24-12-30)49-34-19-7-28(8-20-34)26-3-15-32(47)16-4-26/h1-24H,46-47H2. The minimum Gasteiger partial charge on any atom is -0.457 e. The zero-order valence-electron chi connectivity index (χ0n) is 25.6. The molecule has 0 spiro atoms. The van der Waals surface area contributed by atoms with Gasteiger partial charge in [0.2, 0.25) is 5.41 Å². The lowest BCUT2D eigenvalue weighted by atomic mass is 9.73. The summed E-state index contributed by atoms with van der Waals surface area (Å²) in [6, 6.07) is 35.6. The van der Waals surface area contributed by atoms with E-state index in [0.717, 1.165) is 70.8 Å². The molecular formula is C39H28F6N2O2.